The summed E-state index contributed by atoms with van der Waals surface area (Å²) >= 11 is 5.93. The number of nitrogens with one attached hydrogen (secondary N) is 1. The van der Waals surface area contributed by atoms with Crippen LogP contribution in [0.2, 0.25) is 5.02 Å². The normalized spacial score (nSPS) is 20.4. The van der Waals surface area contributed by atoms with Gasteiger partial charge in [0.15, 0.2) is 0 Å². The SMILES string of the molecule is CC(C)(C)c1ccc(CN2C(=O)NC(C)(c3ccc(Cl)cc3)C2=O)cc1. The molecule has 2 aromatic carbocycles. The fourth-order valence-corrected chi connectivity index (χ4v) is 3.24. The zero-order chi connectivity index (χ0) is 19.1. The van der Waals surface area contributed by atoms with Crippen LogP contribution in [0.25, 0.3) is 0 Å². The van der Waals surface area contributed by atoms with Crippen LogP contribution in [0.1, 0.15) is 44.4 Å². The summed E-state index contributed by atoms with van der Waals surface area (Å²) in [7, 11) is 0. The third-order valence-corrected chi connectivity index (χ3v) is 5.11. The van der Waals surface area contributed by atoms with Gasteiger partial charge in [-0.3, -0.25) is 9.69 Å². The maximum atomic E-state index is 13.0. The number of urea groups is 1. The molecule has 3 amide bonds. The van der Waals surface area contributed by atoms with E-state index in [2.05, 4.69) is 26.1 Å². The summed E-state index contributed by atoms with van der Waals surface area (Å²) in [6, 6.07) is 14.6. The Bertz CT molecular complexity index is 838. The van der Waals surface area contributed by atoms with Crippen LogP contribution < -0.4 is 5.32 Å². The van der Waals surface area contributed by atoms with Crippen molar-refractivity contribution >= 4 is 23.5 Å². The molecule has 0 spiro atoms. The molecule has 4 nitrogen and oxygen atoms in total. The van der Waals surface area contributed by atoms with Crippen LogP contribution in [0.5, 0.6) is 0 Å². The molecule has 1 aliphatic rings. The highest BCUT2D eigenvalue weighted by atomic mass is 35.5. The van der Waals surface area contributed by atoms with Crippen LogP contribution in [-0.4, -0.2) is 16.8 Å². The van der Waals surface area contributed by atoms with E-state index in [1.807, 2.05) is 24.3 Å². The number of nitrogens with zero attached hydrogens (tertiary/aromatic N) is 1. The average molecular weight is 371 g/mol. The summed E-state index contributed by atoms with van der Waals surface area (Å²) in [6.07, 6.45) is 0. The Morgan fingerprint density at radius 2 is 1.58 bits per heavy atom. The van der Waals surface area contributed by atoms with Gasteiger partial charge >= 0.3 is 6.03 Å². The first kappa shape index (κ1) is 18.5. The molecule has 5 heteroatoms. The minimum absolute atomic E-state index is 0.0620. The highest BCUT2D eigenvalue weighted by Crippen LogP contribution is 2.31. The van der Waals surface area contributed by atoms with Crippen LogP contribution >= 0.6 is 11.6 Å². The Balaban J connectivity index is 1.82. The van der Waals surface area contributed by atoms with Crippen molar-refractivity contribution in [2.24, 2.45) is 0 Å². The lowest BCUT2D eigenvalue weighted by Crippen LogP contribution is -2.40. The molecule has 3 rings (SSSR count). The Morgan fingerprint density at radius 3 is 2.12 bits per heavy atom. The highest BCUT2D eigenvalue weighted by Gasteiger charge is 2.48. The zero-order valence-corrected chi connectivity index (χ0v) is 16.2. The molecule has 2 aromatic rings. The quantitative estimate of drug-likeness (QED) is 0.802. The van der Waals surface area contributed by atoms with Crippen molar-refractivity contribution in [1.82, 2.24) is 10.2 Å². The van der Waals surface area contributed by atoms with Crippen LogP contribution in [0.3, 0.4) is 0 Å². The van der Waals surface area contributed by atoms with E-state index in [9.17, 15) is 9.59 Å². The molecule has 0 bridgehead atoms. The summed E-state index contributed by atoms with van der Waals surface area (Å²) in [5.41, 5.74) is 1.83. The maximum absolute atomic E-state index is 13.0. The van der Waals surface area contributed by atoms with Gasteiger partial charge in [0.05, 0.1) is 6.54 Å². The molecule has 0 saturated carbocycles. The Kier molecular flexibility index (Phi) is 4.57. The second-order valence-electron chi connectivity index (χ2n) is 7.90. The molecule has 1 saturated heterocycles. The molecular formula is C21H23ClN2O2. The van der Waals surface area contributed by atoms with Gasteiger partial charge in [0, 0.05) is 5.02 Å². The average Bonchev–Trinajstić information content (AvgIpc) is 2.79. The molecule has 1 atom stereocenters. The molecular weight excluding hydrogens is 348 g/mol. The van der Waals surface area contributed by atoms with Gasteiger partial charge in [0.2, 0.25) is 0 Å². The molecule has 0 radical (unpaired) electrons. The van der Waals surface area contributed by atoms with E-state index >= 15 is 0 Å². The van der Waals surface area contributed by atoms with E-state index in [4.69, 9.17) is 11.6 Å². The van der Waals surface area contributed by atoms with Gasteiger partial charge < -0.3 is 5.32 Å². The lowest BCUT2D eigenvalue weighted by molar-refractivity contribution is -0.131. The molecule has 0 aliphatic carbocycles. The maximum Gasteiger partial charge on any atom is 0.325 e. The summed E-state index contributed by atoms with van der Waals surface area (Å²) in [6.45, 7) is 8.42. The third-order valence-electron chi connectivity index (χ3n) is 4.86. The Morgan fingerprint density at radius 1 is 1.00 bits per heavy atom. The number of carbonyl (C=O) groups is 2. The number of carbonyl (C=O) groups excluding carboxylic acids is 2. The third kappa shape index (κ3) is 3.34. The predicted octanol–water partition coefficient (Wildman–Crippen LogP) is 4.60. The second-order valence-corrected chi connectivity index (χ2v) is 8.34. The second kappa shape index (κ2) is 6.44. The fraction of sp³-hybridized carbons (Fsp3) is 0.333. The van der Waals surface area contributed by atoms with Crippen LogP contribution in [0.15, 0.2) is 48.5 Å². The van der Waals surface area contributed by atoms with E-state index in [-0.39, 0.29) is 23.9 Å². The van der Waals surface area contributed by atoms with E-state index in [0.29, 0.717) is 10.6 Å². The number of rotatable bonds is 3. The van der Waals surface area contributed by atoms with Gasteiger partial charge in [-0.1, -0.05) is 68.8 Å². The summed E-state index contributed by atoms with van der Waals surface area (Å²) in [5, 5.41) is 3.40. The molecule has 1 aliphatic heterocycles. The Hall–Kier alpha value is -2.33. The van der Waals surface area contributed by atoms with Crippen LogP contribution in [0.4, 0.5) is 4.79 Å². The van der Waals surface area contributed by atoms with Gasteiger partial charge in [-0.25, -0.2) is 4.79 Å². The number of benzene rings is 2. The number of imide groups is 1. The van der Waals surface area contributed by atoms with Gasteiger partial charge in [-0.2, -0.15) is 0 Å². The predicted molar refractivity (Wildman–Crippen MR) is 103 cm³/mol. The van der Waals surface area contributed by atoms with Gasteiger partial charge in [0.25, 0.3) is 5.91 Å². The van der Waals surface area contributed by atoms with E-state index in [1.165, 1.54) is 10.5 Å². The number of halogens is 1. The van der Waals surface area contributed by atoms with Crippen LogP contribution in [0, 0.1) is 0 Å². The highest BCUT2D eigenvalue weighted by molar-refractivity contribution is 6.30. The largest absolute Gasteiger partial charge is 0.325 e. The minimum Gasteiger partial charge on any atom is -0.319 e. The molecule has 1 heterocycles. The van der Waals surface area contributed by atoms with Crippen LogP contribution in [-0.2, 0) is 22.3 Å². The number of amides is 3. The molecule has 1 fully saturated rings. The van der Waals surface area contributed by atoms with Gasteiger partial charge in [-0.05, 0) is 41.2 Å². The van der Waals surface area contributed by atoms with Crippen molar-refractivity contribution in [3.8, 4) is 0 Å². The van der Waals surface area contributed by atoms with Crippen molar-refractivity contribution in [2.75, 3.05) is 0 Å². The lowest BCUT2D eigenvalue weighted by atomic mass is 9.86. The van der Waals surface area contributed by atoms with Crippen molar-refractivity contribution in [3.63, 3.8) is 0 Å². The first-order valence-electron chi connectivity index (χ1n) is 8.61. The van der Waals surface area contributed by atoms with Crippen molar-refractivity contribution < 1.29 is 9.59 Å². The molecule has 1 unspecified atom stereocenters. The van der Waals surface area contributed by atoms with E-state index < -0.39 is 5.54 Å². The summed E-state index contributed by atoms with van der Waals surface area (Å²) in [5.74, 6) is -0.260. The first-order chi connectivity index (χ1) is 12.1. The smallest absolute Gasteiger partial charge is 0.319 e. The van der Waals surface area contributed by atoms with Crippen molar-refractivity contribution in [2.45, 2.75) is 45.2 Å². The molecule has 26 heavy (non-hydrogen) atoms. The molecule has 1 N–H and O–H groups in total. The first-order valence-corrected chi connectivity index (χ1v) is 8.98. The van der Waals surface area contributed by atoms with E-state index in [1.54, 1.807) is 31.2 Å². The van der Waals surface area contributed by atoms with Crippen molar-refractivity contribution in [1.29, 1.82) is 0 Å². The van der Waals surface area contributed by atoms with Gasteiger partial charge in [0.1, 0.15) is 5.54 Å². The molecule has 0 aromatic heterocycles. The van der Waals surface area contributed by atoms with E-state index in [0.717, 1.165) is 5.56 Å². The number of hydrogen-bond donors (Lipinski definition) is 1. The topological polar surface area (TPSA) is 49.4 Å². The van der Waals surface area contributed by atoms with Gasteiger partial charge in [-0.15, -0.1) is 0 Å². The fourth-order valence-electron chi connectivity index (χ4n) is 3.11. The monoisotopic (exact) mass is 370 g/mol. The lowest BCUT2D eigenvalue weighted by Gasteiger charge is -2.22. The molecule has 136 valence electrons. The van der Waals surface area contributed by atoms with Crippen molar-refractivity contribution in [3.05, 3.63) is 70.2 Å². The standard InChI is InChI=1S/C21H23ClN2O2/c1-20(2,3)15-7-5-14(6-8-15)13-24-18(25)21(4,23-19(24)26)16-9-11-17(22)12-10-16/h5-12H,13H2,1-4H3,(H,23,26). The zero-order valence-electron chi connectivity index (χ0n) is 15.5. The summed E-state index contributed by atoms with van der Waals surface area (Å²) in [4.78, 5) is 26.7. The summed E-state index contributed by atoms with van der Waals surface area (Å²) < 4.78 is 0. The number of hydrogen-bond acceptors (Lipinski definition) is 2. The Labute approximate surface area is 159 Å². The minimum atomic E-state index is -1.08.